The van der Waals surface area contributed by atoms with Gasteiger partial charge in [-0.25, -0.2) is 4.98 Å². The summed E-state index contributed by atoms with van der Waals surface area (Å²) in [5.41, 5.74) is 2.32. The quantitative estimate of drug-likeness (QED) is 0.650. The van der Waals surface area contributed by atoms with Crippen molar-refractivity contribution >= 4 is 35.0 Å². The molecule has 142 valence electrons. The van der Waals surface area contributed by atoms with Gasteiger partial charge in [-0.3, -0.25) is 14.7 Å². The lowest BCUT2D eigenvalue weighted by Gasteiger charge is -2.17. The number of aromatic nitrogens is 3. The molecule has 2 heterocycles. The number of benzene rings is 2. The molecule has 1 atom stereocenters. The van der Waals surface area contributed by atoms with Crippen LogP contribution in [0.1, 0.15) is 6.42 Å². The maximum atomic E-state index is 12.7. The van der Waals surface area contributed by atoms with Gasteiger partial charge in [0, 0.05) is 34.8 Å². The van der Waals surface area contributed by atoms with Gasteiger partial charge in [-0.05, 0) is 36.6 Å². The zero-order chi connectivity index (χ0) is 19.5. The van der Waals surface area contributed by atoms with Crippen molar-refractivity contribution in [2.75, 3.05) is 23.0 Å². The number of rotatable bonds is 5. The fourth-order valence-corrected chi connectivity index (χ4v) is 3.70. The Labute approximate surface area is 166 Å². The molecular weight excluding hydrogens is 374 g/mol. The molecule has 2 aromatic carbocycles. The van der Waals surface area contributed by atoms with E-state index in [2.05, 4.69) is 20.5 Å². The Kier molecular flexibility index (Phi) is 5.12. The third kappa shape index (κ3) is 3.77. The summed E-state index contributed by atoms with van der Waals surface area (Å²) in [7, 11) is 0. The molecule has 1 aliphatic rings. The molecule has 0 saturated carbocycles. The Balaban J connectivity index is 1.46. The van der Waals surface area contributed by atoms with Crippen molar-refractivity contribution in [2.24, 2.45) is 5.92 Å². The monoisotopic (exact) mass is 393 g/mol. The highest BCUT2D eigenvalue weighted by molar-refractivity contribution is 7.98. The summed E-state index contributed by atoms with van der Waals surface area (Å²) in [5, 5.41) is 9.56. The molecule has 0 aliphatic carbocycles. The number of carbonyl (C=O) groups is 2. The van der Waals surface area contributed by atoms with Crippen molar-refractivity contribution in [3.05, 3.63) is 54.9 Å². The Morgan fingerprint density at radius 2 is 2.11 bits per heavy atom. The summed E-state index contributed by atoms with van der Waals surface area (Å²) in [5.74, 6) is 0.0479. The van der Waals surface area contributed by atoms with Crippen LogP contribution < -0.4 is 10.2 Å². The number of aromatic amines is 1. The molecule has 2 amide bonds. The number of nitrogens with one attached hydrogen (secondary N) is 2. The van der Waals surface area contributed by atoms with Crippen LogP contribution in [0, 0.1) is 5.92 Å². The van der Waals surface area contributed by atoms with Gasteiger partial charge in [0.15, 0.2) is 5.82 Å². The standard InChI is InChI=1S/C20H19N5O2S/c1-28-17-7-3-6-16(10-17)25-11-14(9-18(25)26)20(27)23-15-5-2-4-13(8-15)19-21-12-22-24-19/h2-8,10,12,14H,9,11H2,1H3,(H,23,27)(H,21,22,24). The Bertz CT molecular complexity index is 1010. The van der Waals surface area contributed by atoms with E-state index in [0.29, 0.717) is 18.1 Å². The van der Waals surface area contributed by atoms with Gasteiger partial charge in [-0.15, -0.1) is 11.8 Å². The first-order valence-electron chi connectivity index (χ1n) is 8.85. The Morgan fingerprint density at radius 1 is 1.25 bits per heavy atom. The zero-order valence-corrected chi connectivity index (χ0v) is 16.1. The predicted octanol–water partition coefficient (Wildman–Crippen LogP) is 3.19. The average molecular weight is 393 g/mol. The molecule has 1 aliphatic heterocycles. The van der Waals surface area contributed by atoms with Gasteiger partial charge in [0.2, 0.25) is 11.8 Å². The van der Waals surface area contributed by atoms with Gasteiger partial charge >= 0.3 is 0 Å². The Hall–Kier alpha value is -3.13. The van der Waals surface area contributed by atoms with Crippen molar-refractivity contribution in [3.8, 4) is 11.4 Å². The first kappa shape index (κ1) is 18.2. The summed E-state index contributed by atoms with van der Waals surface area (Å²) >= 11 is 1.62. The second-order valence-electron chi connectivity index (χ2n) is 6.51. The highest BCUT2D eigenvalue weighted by Gasteiger charge is 2.35. The lowest BCUT2D eigenvalue weighted by atomic mass is 10.1. The predicted molar refractivity (Wildman–Crippen MR) is 109 cm³/mol. The fourth-order valence-electron chi connectivity index (χ4n) is 3.24. The van der Waals surface area contributed by atoms with Crippen molar-refractivity contribution < 1.29 is 9.59 Å². The van der Waals surface area contributed by atoms with Crippen molar-refractivity contribution in [2.45, 2.75) is 11.3 Å². The van der Waals surface area contributed by atoms with E-state index in [-0.39, 0.29) is 24.2 Å². The third-order valence-electron chi connectivity index (χ3n) is 4.68. The maximum absolute atomic E-state index is 12.7. The number of hydrogen-bond donors (Lipinski definition) is 2. The molecule has 7 nitrogen and oxygen atoms in total. The normalized spacial score (nSPS) is 16.4. The smallest absolute Gasteiger partial charge is 0.229 e. The molecule has 1 saturated heterocycles. The number of carbonyl (C=O) groups excluding carboxylic acids is 2. The van der Waals surface area contributed by atoms with Crippen molar-refractivity contribution in [1.29, 1.82) is 0 Å². The van der Waals surface area contributed by atoms with Crippen LogP contribution in [-0.4, -0.2) is 39.8 Å². The first-order valence-corrected chi connectivity index (χ1v) is 10.1. The van der Waals surface area contributed by atoms with Crippen LogP contribution in [0.2, 0.25) is 0 Å². The lowest BCUT2D eigenvalue weighted by molar-refractivity contribution is -0.122. The van der Waals surface area contributed by atoms with Gasteiger partial charge in [-0.1, -0.05) is 18.2 Å². The number of thioether (sulfide) groups is 1. The minimum Gasteiger partial charge on any atom is -0.326 e. The molecule has 1 aromatic heterocycles. The van der Waals surface area contributed by atoms with E-state index < -0.39 is 0 Å². The minimum absolute atomic E-state index is 0.0335. The largest absolute Gasteiger partial charge is 0.326 e. The van der Waals surface area contributed by atoms with E-state index >= 15 is 0 Å². The van der Waals surface area contributed by atoms with Crippen LogP contribution in [0.4, 0.5) is 11.4 Å². The molecule has 8 heteroatoms. The summed E-state index contributed by atoms with van der Waals surface area (Å²) < 4.78 is 0. The van der Waals surface area contributed by atoms with E-state index in [9.17, 15) is 9.59 Å². The van der Waals surface area contributed by atoms with Crippen LogP contribution in [-0.2, 0) is 9.59 Å². The average Bonchev–Trinajstić information content (AvgIpc) is 3.38. The first-order chi connectivity index (χ1) is 13.6. The molecule has 1 unspecified atom stereocenters. The minimum atomic E-state index is -0.389. The fraction of sp³-hybridized carbons (Fsp3) is 0.200. The highest BCUT2D eigenvalue weighted by atomic mass is 32.2. The van der Waals surface area contributed by atoms with E-state index in [1.165, 1.54) is 6.33 Å². The van der Waals surface area contributed by atoms with Gasteiger partial charge in [0.1, 0.15) is 6.33 Å². The summed E-state index contributed by atoms with van der Waals surface area (Å²) in [6, 6.07) is 15.2. The number of anilines is 2. The third-order valence-corrected chi connectivity index (χ3v) is 5.40. The van der Waals surface area contributed by atoms with Gasteiger partial charge in [-0.2, -0.15) is 5.10 Å². The van der Waals surface area contributed by atoms with Crippen molar-refractivity contribution in [1.82, 2.24) is 15.2 Å². The molecule has 4 rings (SSSR count). The zero-order valence-electron chi connectivity index (χ0n) is 15.3. The summed E-state index contributed by atoms with van der Waals surface area (Å²) in [4.78, 5) is 32.1. The summed E-state index contributed by atoms with van der Waals surface area (Å²) in [6.07, 6.45) is 3.64. The second-order valence-corrected chi connectivity index (χ2v) is 7.39. The number of amides is 2. The molecule has 0 spiro atoms. The molecule has 0 bridgehead atoms. The van der Waals surface area contributed by atoms with Crippen LogP contribution in [0.5, 0.6) is 0 Å². The topological polar surface area (TPSA) is 91.0 Å². The van der Waals surface area contributed by atoms with E-state index in [1.807, 2.05) is 54.8 Å². The van der Waals surface area contributed by atoms with Gasteiger partial charge < -0.3 is 10.2 Å². The molecular formula is C20H19N5O2S. The van der Waals surface area contributed by atoms with E-state index in [0.717, 1.165) is 16.1 Å². The van der Waals surface area contributed by atoms with Gasteiger partial charge in [0.05, 0.1) is 5.92 Å². The van der Waals surface area contributed by atoms with Crippen LogP contribution in [0.25, 0.3) is 11.4 Å². The summed E-state index contributed by atoms with van der Waals surface area (Å²) in [6.45, 7) is 0.379. The van der Waals surface area contributed by atoms with Crippen LogP contribution >= 0.6 is 11.8 Å². The van der Waals surface area contributed by atoms with Gasteiger partial charge in [0.25, 0.3) is 0 Å². The highest BCUT2D eigenvalue weighted by Crippen LogP contribution is 2.29. The number of hydrogen-bond acceptors (Lipinski definition) is 5. The van der Waals surface area contributed by atoms with Crippen LogP contribution in [0.15, 0.2) is 59.8 Å². The molecule has 1 fully saturated rings. The number of H-pyrrole nitrogens is 1. The molecule has 0 radical (unpaired) electrons. The Morgan fingerprint density at radius 3 is 2.89 bits per heavy atom. The van der Waals surface area contributed by atoms with E-state index in [4.69, 9.17) is 0 Å². The second kappa shape index (κ2) is 7.85. The van der Waals surface area contributed by atoms with Crippen LogP contribution in [0.3, 0.4) is 0 Å². The molecule has 2 N–H and O–H groups in total. The van der Waals surface area contributed by atoms with Crippen molar-refractivity contribution in [3.63, 3.8) is 0 Å². The molecule has 3 aromatic rings. The van der Waals surface area contributed by atoms with E-state index in [1.54, 1.807) is 16.7 Å². The number of nitrogens with zero attached hydrogens (tertiary/aromatic N) is 3. The molecule has 28 heavy (non-hydrogen) atoms. The SMILES string of the molecule is CSc1cccc(N2CC(C(=O)Nc3cccc(-c4ncn[nH]4)c3)CC2=O)c1. The lowest BCUT2D eigenvalue weighted by Crippen LogP contribution is -2.28. The maximum Gasteiger partial charge on any atom is 0.229 e.